The van der Waals surface area contributed by atoms with Crippen molar-refractivity contribution in [3.8, 4) is 10.6 Å². The van der Waals surface area contributed by atoms with Gasteiger partial charge in [-0.05, 0) is 51.2 Å². The van der Waals surface area contributed by atoms with E-state index in [1.165, 1.54) is 4.70 Å². The number of para-hydroxylation sites is 1. The lowest BCUT2D eigenvalue weighted by molar-refractivity contribution is -0.131. The van der Waals surface area contributed by atoms with Crippen molar-refractivity contribution in [2.24, 2.45) is 16.8 Å². The van der Waals surface area contributed by atoms with E-state index >= 15 is 0 Å². The maximum atomic E-state index is 13.2. The zero-order chi connectivity index (χ0) is 23.4. The van der Waals surface area contributed by atoms with Crippen molar-refractivity contribution >= 4 is 39.2 Å². The van der Waals surface area contributed by atoms with Gasteiger partial charge >= 0.3 is 0 Å². The number of aromatic nitrogens is 1. The van der Waals surface area contributed by atoms with E-state index in [4.69, 9.17) is 9.98 Å². The Morgan fingerprint density at radius 2 is 1.79 bits per heavy atom. The third-order valence-corrected chi connectivity index (χ3v) is 8.14. The smallest absolute Gasteiger partial charge is 0.255 e. The molecule has 1 aromatic heterocycles. The molecular weight excluding hydrogens is 444 g/mol. The Morgan fingerprint density at radius 3 is 2.53 bits per heavy atom. The monoisotopic (exact) mass is 472 g/mol. The molecule has 1 atom stereocenters. The van der Waals surface area contributed by atoms with E-state index in [1.54, 1.807) is 11.3 Å². The van der Waals surface area contributed by atoms with Crippen LogP contribution in [0.25, 0.3) is 20.8 Å². The number of nitrogens with zero attached hydrogens (tertiary/aromatic N) is 4. The average molecular weight is 473 g/mol. The molecule has 2 amide bonds. The Labute approximate surface area is 203 Å². The van der Waals surface area contributed by atoms with E-state index in [9.17, 15) is 9.59 Å². The van der Waals surface area contributed by atoms with E-state index in [1.807, 2.05) is 54.0 Å². The summed E-state index contributed by atoms with van der Waals surface area (Å²) in [6, 6.07) is 16.4. The average Bonchev–Trinajstić information content (AvgIpc) is 3.35. The van der Waals surface area contributed by atoms with Gasteiger partial charge in [-0.3, -0.25) is 19.5 Å². The van der Waals surface area contributed by atoms with Crippen LogP contribution < -0.4 is 0 Å². The maximum Gasteiger partial charge on any atom is 0.255 e. The van der Waals surface area contributed by atoms with Crippen molar-refractivity contribution in [2.75, 3.05) is 19.6 Å². The summed E-state index contributed by atoms with van der Waals surface area (Å²) in [5.41, 5.74) is 2.23. The normalized spacial score (nSPS) is 22.0. The van der Waals surface area contributed by atoms with Crippen molar-refractivity contribution in [3.05, 3.63) is 54.1 Å². The summed E-state index contributed by atoms with van der Waals surface area (Å²) in [4.78, 5) is 39.1. The van der Waals surface area contributed by atoms with Crippen molar-refractivity contribution in [2.45, 2.75) is 38.6 Å². The third kappa shape index (κ3) is 3.82. The molecule has 6 rings (SSSR count). The number of thiazole rings is 1. The van der Waals surface area contributed by atoms with Crippen LogP contribution in [0.3, 0.4) is 0 Å². The van der Waals surface area contributed by atoms with Crippen molar-refractivity contribution in [1.82, 2.24) is 14.8 Å². The van der Waals surface area contributed by atoms with Crippen LogP contribution in [-0.4, -0.2) is 57.6 Å². The van der Waals surface area contributed by atoms with E-state index in [0.717, 1.165) is 59.8 Å². The number of hydrogen-bond acceptors (Lipinski definition) is 5. The second-order valence-corrected chi connectivity index (χ2v) is 11.2. The first-order valence-electron chi connectivity index (χ1n) is 12.1. The lowest BCUT2D eigenvalue weighted by Crippen LogP contribution is -2.42. The van der Waals surface area contributed by atoms with Gasteiger partial charge in [-0.15, -0.1) is 11.3 Å². The first-order chi connectivity index (χ1) is 16.4. The summed E-state index contributed by atoms with van der Waals surface area (Å²) in [5, 5.41) is 0.987. The largest absolute Gasteiger partial charge is 0.342 e. The molecule has 2 fully saturated rings. The van der Waals surface area contributed by atoms with Gasteiger partial charge in [0, 0.05) is 36.7 Å². The van der Waals surface area contributed by atoms with Crippen LogP contribution in [0.1, 0.15) is 38.7 Å². The minimum atomic E-state index is -0.775. The fourth-order valence-corrected chi connectivity index (χ4v) is 5.95. The first kappa shape index (κ1) is 21.5. The van der Waals surface area contributed by atoms with Gasteiger partial charge < -0.3 is 4.90 Å². The Balaban J connectivity index is 1.22. The Morgan fingerprint density at radius 1 is 1.06 bits per heavy atom. The third-order valence-electron chi connectivity index (χ3n) is 7.06. The van der Waals surface area contributed by atoms with Crippen LogP contribution in [0.4, 0.5) is 0 Å². The standard InChI is InChI=1S/C27H28N4O2S/c1-27(2)26(33)31(16-17-13-14-30(15-17)25(32)20-11-12-20)23(29-27)18-7-9-19(10-8-18)24-28-21-5-3-4-6-22(21)34-24/h3-10,17,20H,11-16H2,1-2H3/t17-/m1/s1. The van der Waals surface area contributed by atoms with Crippen LogP contribution in [0.2, 0.25) is 0 Å². The molecule has 3 heterocycles. The van der Waals surface area contributed by atoms with Gasteiger partial charge in [0.15, 0.2) is 0 Å². The lowest BCUT2D eigenvalue weighted by atomic mass is 10.0. The zero-order valence-corrected chi connectivity index (χ0v) is 20.3. The molecule has 0 unspecified atom stereocenters. The van der Waals surface area contributed by atoms with Crippen molar-refractivity contribution in [1.29, 1.82) is 0 Å². The number of fused-ring (bicyclic) bond motifs is 1. The summed E-state index contributed by atoms with van der Waals surface area (Å²) in [6.45, 7) is 5.90. The molecule has 0 spiro atoms. The predicted molar refractivity (Wildman–Crippen MR) is 135 cm³/mol. The number of carbonyl (C=O) groups excluding carboxylic acids is 2. The molecule has 3 aromatic rings. The van der Waals surface area contributed by atoms with Crippen LogP contribution in [0.15, 0.2) is 53.5 Å². The molecule has 2 aromatic carbocycles. The van der Waals surface area contributed by atoms with Crippen LogP contribution in [-0.2, 0) is 9.59 Å². The lowest BCUT2D eigenvalue weighted by Gasteiger charge is -2.24. The van der Waals surface area contributed by atoms with Gasteiger partial charge in [-0.1, -0.05) is 36.4 Å². The highest BCUT2D eigenvalue weighted by atomic mass is 32.1. The summed E-state index contributed by atoms with van der Waals surface area (Å²) in [7, 11) is 0. The number of aliphatic imine (C=N–C) groups is 1. The maximum absolute atomic E-state index is 13.2. The van der Waals surface area contributed by atoms with E-state index < -0.39 is 5.54 Å². The van der Waals surface area contributed by atoms with Crippen LogP contribution in [0.5, 0.6) is 0 Å². The first-order valence-corrected chi connectivity index (χ1v) is 12.9. The number of hydrogen-bond donors (Lipinski definition) is 0. The number of amides is 2. The van der Waals surface area contributed by atoms with Gasteiger partial charge in [0.05, 0.1) is 10.2 Å². The summed E-state index contributed by atoms with van der Waals surface area (Å²) in [5.74, 6) is 1.60. The molecule has 2 aliphatic heterocycles. The molecule has 1 saturated heterocycles. The Bertz CT molecular complexity index is 1270. The van der Waals surface area contributed by atoms with Crippen molar-refractivity contribution < 1.29 is 9.59 Å². The second kappa shape index (κ2) is 8.01. The van der Waals surface area contributed by atoms with Gasteiger partial charge in [0.1, 0.15) is 16.4 Å². The molecular formula is C27H28N4O2S. The molecule has 174 valence electrons. The number of likely N-dealkylation sites (tertiary alicyclic amines) is 1. The minimum absolute atomic E-state index is 0.0321. The highest BCUT2D eigenvalue weighted by Crippen LogP contribution is 2.34. The van der Waals surface area contributed by atoms with Gasteiger partial charge in [-0.25, -0.2) is 4.98 Å². The fraction of sp³-hybridized carbons (Fsp3) is 0.407. The fourth-order valence-electron chi connectivity index (χ4n) is 4.98. The van der Waals surface area contributed by atoms with Crippen molar-refractivity contribution in [3.63, 3.8) is 0 Å². The van der Waals surface area contributed by atoms with Gasteiger partial charge in [0.2, 0.25) is 5.91 Å². The molecule has 0 N–H and O–H groups in total. The number of carbonyl (C=O) groups is 2. The molecule has 7 heteroatoms. The highest BCUT2D eigenvalue weighted by molar-refractivity contribution is 7.21. The molecule has 0 radical (unpaired) electrons. The molecule has 6 nitrogen and oxygen atoms in total. The van der Waals surface area contributed by atoms with Crippen LogP contribution in [0, 0.1) is 11.8 Å². The van der Waals surface area contributed by atoms with Crippen LogP contribution >= 0.6 is 11.3 Å². The number of amidine groups is 1. The summed E-state index contributed by atoms with van der Waals surface area (Å²) >= 11 is 1.68. The number of benzene rings is 2. The Kier molecular flexibility index (Phi) is 5.06. The molecule has 3 aliphatic rings. The molecule has 1 aliphatic carbocycles. The molecule has 1 saturated carbocycles. The second-order valence-electron chi connectivity index (χ2n) is 10.2. The van der Waals surface area contributed by atoms with E-state index in [-0.39, 0.29) is 17.7 Å². The van der Waals surface area contributed by atoms with E-state index in [0.29, 0.717) is 12.5 Å². The Hall–Kier alpha value is -3.06. The van der Waals surface area contributed by atoms with Gasteiger partial charge in [0.25, 0.3) is 5.91 Å². The quantitative estimate of drug-likeness (QED) is 0.546. The SMILES string of the molecule is CC1(C)N=C(c2ccc(-c3nc4ccccc4s3)cc2)N(C[C@@H]2CCN(C(=O)C3CC3)C2)C1=O. The minimum Gasteiger partial charge on any atom is -0.342 e. The van der Waals surface area contributed by atoms with E-state index in [2.05, 4.69) is 18.2 Å². The zero-order valence-electron chi connectivity index (χ0n) is 19.5. The van der Waals surface area contributed by atoms with Gasteiger partial charge in [-0.2, -0.15) is 0 Å². The highest BCUT2D eigenvalue weighted by Gasteiger charge is 2.43. The summed E-state index contributed by atoms with van der Waals surface area (Å²) < 4.78 is 1.17. The topological polar surface area (TPSA) is 65.9 Å². The number of rotatable bonds is 5. The molecule has 34 heavy (non-hydrogen) atoms. The molecule has 0 bridgehead atoms. The summed E-state index contributed by atoms with van der Waals surface area (Å²) in [6.07, 6.45) is 3.00. The predicted octanol–water partition coefficient (Wildman–Crippen LogP) is 4.59.